The van der Waals surface area contributed by atoms with Crippen molar-refractivity contribution >= 4 is 35.0 Å². The van der Waals surface area contributed by atoms with Gasteiger partial charge in [0.15, 0.2) is 0 Å². The van der Waals surface area contributed by atoms with Crippen LogP contribution in [0.25, 0.3) is 0 Å². The predicted octanol–water partition coefficient (Wildman–Crippen LogP) is 1.36. The summed E-state index contributed by atoms with van der Waals surface area (Å²) in [6.07, 6.45) is -0.206. The quantitative estimate of drug-likeness (QED) is 0.854. The molecule has 1 aliphatic rings. The maximum absolute atomic E-state index is 12.1. The normalized spacial score (nSPS) is 14.6. The molecular weight excluding hydrogens is 306 g/mol. The van der Waals surface area contributed by atoms with Gasteiger partial charge in [0.1, 0.15) is 6.42 Å². The van der Waals surface area contributed by atoms with Gasteiger partial charge in [-0.1, -0.05) is 11.6 Å². The van der Waals surface area contributed by atoms with Crippen molar-refractivity contribution in [3.63, 3.8) is 0 Å². The lowest BCUT2D eigenvalue weighted by molar-refractivity contribution is -0.140. The third-order valence-corrected chi connectivity index (χ3v) is 3.77. The second kappa shape index (κ2) is 7.26. The minimum atomic E-state index is -0.360. The number of hydrogen-bond donors (Lipinski definition) is 1. The molecule has 7 heteroatoms. The summed E-state index contributed by atoms with van der Waals surface area (Å²) in [5, 5.41) is 3.24. The van der Waals surface area contributed by atoms with Crippen LogP contribution < -0.4 is 5.32 Å². The number of anilines is 1. The van der Waals surface area contributed by atoms with Crippen LogP contribution >= 0.6 is 11.6 Å². The first-order chi connectivity index (χ1) is 10.5. The second-order valence-electron chi connectivity index (χ2n) is 5.12. The number of carbonyl (C=O) groups excluding carboxylic acids is 3. The van der Waals surface area contributed by atoms with Crippen LogP contribution in [0.2, 0.25) is 5.02 Å². The SMILES string of the molecule is CC(=O)N1CCN(C(=O)CC(=O)Nc2ccc(Cl)cc2)CC1. The summed E-state index contributed by atoms with van der Waals surface area (Å²) in [6, 6.07) is 6.69. The Morgan fingerprint density at radius 1 is 1.05 bits per heavy atom. The molecule has 22 heavy (non-hydrogen) atoms. The Balaban J connectivity index is 1.80. The van der Waals surface area contributed by atoms with Crippen molar-refractivity contribution in [1.29, 1.82) is 0 Å². The Bertz CT molecular complexity index is 566. The number of rotatable bonds is 3. The minimum Gasteiger partial charge on any atom is -0.339 e. The topological polar surface area (TPSA) is 69.7 Å². The summed E-state index contributed by atoms with van der Waals surface area (Å²) in [5.41, 5.74) is 0.601. The Labute approximate surface area is 134 Å². The molecule has 3 amide bonds. The molecule has 1 heterocycles. The molecule has 0 atom stereocenters. The van der Waals surface area contributed by atoms with Gasteiger partial charge in [0.05, 0.1) is 0 Å². The number of carbonyl (C=O) groups is 3. The molecule has 2 rings (SSSR count). The highest BCUT2D eigenvalue weighted by atomic mass is 35.5. The van der Waals surface area contributed by atoms with E-state index in [1.807, 2.05) is 0 Å². The molecule has 0 bridgehead atoms. The molecule has 0 aromatic heterocycles. The van der Waals surface area contributed by atoms with Crippen molar-refractivity contribution in [3.05, 3.63) is 29.3 Å². The highest BCUT2D eigenvalue weighted by molar-refractivity contribution is 6.30. The number of piperazine rings is 1. The van der Waals surface area contributed by atoms with E-state index in [9.17, 15) is 14.4 Å². The summed E-state index contributed by atoms with van der Waals surface area (Å²) in [5.74, 6) is -0.580. The van der Waals surface area contributed by atoms with E-state index in [0.29, 0.717) is 36.9 Å². The maximum Gasteiger partial charge on any atom is 0.233 e. The molecule has 0 unspecified atom stereocenters. The molecule has 1 N–H and O–H groups in total. The average Bonchev–Trinajstić information content (AvgIpc) is 2.49. The molecule has 1 aromatic rings. The third kappa shape index (κ3) is 4.46. The van der Waals surface area contributed by atoms with Gasteiger partial charge < -0.3 is 15.1 Å². The summed E-state index contributed by atoms with van der Waals surface area (Å²) >= 11 is 5.77. The van der Waals surface area contributed by atoms with Crippen LogP contribution in [-0.4, -0.2) is 53.7 Å². The second-order valence-corrected chi connectivity index (χ2v) is 5.56. The molecule has 1 aromatic carbocycles. The van der Waals surface area contributed by atoms with Crippen molar-refractivity contribution in [2.24, 2.45) is 0 Å². The van der Waals surface area contributed by atoms with Crippen molar-refractivity contribution in [2.45, 2.75) is 13.3 Å². The van der Waals surface area contributed by atoms with E-state index in [4.69, 9.17) is 11.6 Å². The summed E-state index contributed by atoms with van der Waals surface area (Å²) in [6.45, 7) is 3.47. The zero-order valence-electron chi connectivity index (χ0n) is 12.3. The first kappa shape index (κ1) is 16.3. The number of hydrogen-bond acceptors (Lipinski definition) is 3. The van der Waals surface area contributed by atoms with Crippen LogP contribution in [0.15, 0.2) is 24.3 Å². The lowest BCUT2D eigenvalue weighted by Crippen LogP contribution is -2.50. The summed E-state index contributed by atoms with van der Waals surface area (Å²) in [4.78, 5) is 38.5. The number of halogens is 1. The Morgan fingerprint density at radius 3 is 2.14 bits per heavy atom. The fourth-order valence-corrected chi connectivity index (χ4v) is 2.38. The van der Waals surface area contributed by atoms with Crippen molar-refractivity contribution in [2.75, 3.05) is 31.5 Å². The Kier molecular flexibility index (Phi) is 5.38. The van der Waals surface area contributed by atoms with Crippen LogP contribution in [0.4, 0.5) is 5.69 Å². The van der Waals surface area contributed by atoms with Crippen molar-refractivity contribution < 1.29 is 14.4 Å². The first-order valence-corrected chi connectivity index (χ1v) is 7.42. The number of nitrogens with one attached hydrogen (secondary N) is 1. The lowest BCUT2D eigenvalue weighted by atomic mass is 10.2. The lowest BCUT2D eigenvalue weighted by Gasteiger charge is -2.34. The molecule has 0 spiro atoms. The van der Waals surface area contributed by atoms with E-state index in [1.54, 1.807) is 34.1 Å². The third-order valence-electron chi connectivity index (χ3n) is 3.52. The Hall–Kier alpha value is -2.08. The molecule has 0 aliphatic carbocycles. The summed E-state index contributed by atoms with van der Waals surface area (Å²) in [7, 11) is 0. The van der Waals surface area contributed by atoms with Gasteiger partial charge in [-0.3, -0.25) is 14.4 Å². The highest BCUT2D eigenvalue weighted by Crippen LogP contribution is 2.14. The molecule has 0 radical (unpaired) electrons. The minimum absolute atomic E-state index is 0.00702. The van der Waals surface area contributed by atoms with E-state index in [0.717, 1.165) is 0 Å². The number of benzene rings is 1. The smallest absolute Gasteiger partial charge is 0.233 e. The molecule has 0 saturated carbocycles. The maximum atomic E-state index is 12.1. The van der Waals surface area contributed by atoms with Crippen LogP contribution in [0, 0.1) is 0 Å². The van der Waals surface area contributed by atoms with Gasteiger partial charge in [0, 0.05) is 43.8 Å². The van der Waals surface area contributed by atoms with Gasteiger partial charge in [0.25, 0.3) is 0 Å². The van der Waals surface area contributed by atoms with E-state index < -0.39 is 0 Å². The molecule has 1 fully saturated rings. The number of nitrogens with zero attached hydrogens (tertiary/aromatic N) is 2. The van der Waals surface area contributed by atoms with Crippen LogP contribution in [0.1, 0.15) is 13.3 Å². The standard InChI is InChI=1S/C15H18ClN3O3/c1-11(20)18-6-8-19(9-7-18)15(22)10-14(21)17-13-4-2-12(16)3-5-13/h2-5H,6-10H2,1H3,(H,17,21). The fourth-order valence-electron chi connectivity index (χ4n) is 2.26. The van der Waals surface area contributed by atoms with E-state index in [-0.39, 0.29) is 24.1 Å². The molecule has 1 aliphatic heterocycles. The molecule has 118 valence electrons. The van der Waals surface area contributed by atoms with Gasteiger partial charge >= 0.3 is 0 Å². The largest absolute Gasteiger partial charge is 0.339 e. The van der Waals surface area contributed by atoms with E-state index in [2.05, 4.69) is 5.32 Å². The monoisotopic (exact) mass is 323 g/mol. The van der Waals surface area contributed by atoms with E-state index >= 15 is 0 Å². The molecule has 1 saturated heterocycles. The van der Waals surface area contributed by atoms with Crippen molar-refractivity contribution in [3.8, 4) is 0 Å². The van der Waals surface area contributed by atoms with E-state index in [1.165, 1.54) is 6.92 Å². The van der Waals surface area contributed by atoms with Gasteiger partial charge in [-0.05, 0) is 24.3 Å². The molecule has 6 nitrogen and oxygen atoms in total. The van der Waals surface area contributed by atoms with Gasteiger partial charge in [-0.25, -0.2) is 0 Å². The Morgan fingerprint density at radius 2 is 1.59 bits per heavy atom. The molecular formula is C15H18ClN3O3. The van der Waals surface area contributed by atoms with Gasteiger partial charge in [-0.15, -0.1) is 0 Å². The number of amides is 3. The predicted molar refractivity (Wildman–Crippen MR) is 83.5 cm³/mol. The zero-order valence-corrected chi connectivity index (χ0v) is 13.1. The fraction of sp³-hybridized carbons (Fsp3) is 0.400. The summed E-state index contributed by atoms with van der Waals surface area (Å²) < 4.78 is 0. The average molecular weight is 324 g/mol. The van der Waals surface area contributed by atoms with Crippen LogP contribution in [0.3, 0.4) is 0 Å². The van der Waals surface area contributed by atoms with Crippen molar-refractivity contribution in [1.82, 2.24) is 9.80 Å². The van der Waals surface area contributed by atoms with Crippen LogP contribution in [-0.2, 0) is 14.4 Å². The first-order valence-electron chi connectivity index (χ1n) is 7.04. The van der Waals surface area contributed by atoms with Gasteiger partial charge in [-0.2, -0.15) is 0 Å². The van der Waals surface area contributed by atoms with Gasteiger partial charge in [0.2, 0.25) is 17.7 Å². The zero-order chi connectivity index (χ0) is 16.1. The highest BCUT2D eigenvalue weighted by Gasteiger charge is 2.23. The van der Waals surface area contributed by atoms with Crippen LogP contribution in [0.5, 0.6) is 0 Å².